The predicted octanol–water partition coefficient (Wildman–Crippen LogP) is 4.50. The van der Waals surface area contributed by atoms with E-state index in [0.717, 1.165) is 15.4 Å². The van der Waals surface area contributed by atoms with Gasteiger partial charge in [0.1, 0.15) is 5.69 Å². The summed E-state index contributed by atoms with van der Waals surface area (Å²) in [5.41, 5.74) is 1.78. The van der Waals surface area contributed by atoms with Crippen molar-refractivity contribution < 1.29 is 14.3 Å². The number of nitrogens with zero attached hydrogens (tertiary/aromatic N) is 1. The van der Waals surface area contributed by atoms with Crippen molar-refractivity contribution in [3.8, 4) is 0 Å². The Balaban J connectivity index is 1.75. The van der Waals surface area contributed by atoms with Crippen LogP contribution in [0, 0.1) is 0 Å². The van der Waals surface area contributed by atoms with Gasteiger partial charge in [0.25, 0.3) is 0 Å². The largest absolute Gasteiger partial charge is 0.461 e. The minimum absolute atomic E-state index is 0.203. The second-order valence-corrected chi connectivity index (χ2v) is 6.67. The molecule has 0 aliphatic heterocycles. The molecular weight excluding hydrogens is 410 g/mol. The van der Waals surface area contributed by atoms with Crippen LogP contribution in [0.5, 0.6) is 0 Å². The van der Waals surface area contributed by atoms with Crippen LogP contribution in [-0.4, -0.2) is 23.6 Å². The Kier molecular flexibility index (Phi) is 6.03. The summed E-state index contributed by atoms with van der Waals surface area (Å²) in [5, 5.41) is 7.17. The van der Waals surface area contributed by atoms with Crippen LogP contribution in [0.4, 0.5) is 10.5 Å². The molecule has 138 valence electrons. The van der Waals surface area contributed by atoms with E-state index in [1.54, 1.807) is 25.3 Å². The number of urea groups is 1. The number of carbonyl (C=O) groups is 2. The molecule has 2 N–H and O–H groups in total. The van der Waals surface area contributed by atoms with Crippen LogP contribution in [0.2, 0.25) is 0 Å². The lowest BCUT2D eigenvalue weighted by atomic mass is 10.1. The average Bonchev–Trinajstić information content (AvgIpc) is 2.68. The Labute approximate surface area is 165 Å². The normalized spacial score (nSPS) is 10.4. The molecule has 0 aliphatic carbocycles. The van der Waals surface area contributed by atoms with Gasteiger partial charge in [0.05, 0.1) is 12.3 Å². The quantitative estimate of drug-likeness (QED) is 0.587. The molecule has 27 heavy (non-hydrogen) atoms. The van der Waals surface area contributed by atoms with E-state index in [9.17, 15) is 9.59 Å². The number of amides is 2. The number of esters is 1. The topological polar surface area (TPSA) is 80.3 Å². The van der Waals surface area contributed by atoms with Crippen molar-refractivity contribution in [2.24, 2.45) is 0 Å². The molecule has 0 radical (unpaired) electrons. The molecule has 0 saturated heterocycles. The third kappa shape index (κ3) is 4.83. The van der Waals surface area contributed by atoms with E-state index in [0.29, 0.717) is 17.6 Å². The third-order valence-corrected chi connectivity index (χ3v) is 4.39. The smallest absolute Gasteiger partial charge is 0.356 e. The molecule has 0 saturated carbocycles. The highest BCUT2D eigenvalue weighted by Gasteiger charge is 2.12. The van der Waals surface area contributed by atoms with Crippen molar-refractivity contribution in [3.63, 3.8) is 0 Å². The summed E-state index contributed by atoms with van der Waals surface area (Å²) in [6, 6.07) is 14.4. The highest BCUT2D eigenvalue weighted by molar-refractivity contribution is 9.10. The SMILES string of the molecule is CCOC(=O)c1cc2c(NC(=O)NCc3ccc(Br)cc3)cccc2cn1. The lowest BCUT2D eigenvalue weighted by molar-refractivity contribution is 0.0519. The van der Waals surface area contributed by atoms with E-state index < -0.39 is 5.97 Å². The summed E-state index contributed by atoms with van der Waals surface area (Å²) in [6.07, 6.45) is 1.59. The first-order valence-electron chi connectivity index (χ1n) is 8.42. The fraction of sp³-hybridized carbons (Fsp3) is 0.150. The third-order valence-electron chi connectivity index (χ3n) is 3.86. The number of pyridine rings is 1. The van der Waals surface area contributed by atoms with E-state index in [2.05, 4.69) is 31.5 Å². The summed E-state index contributed by atoms with van der Waals surface area (Å²) >= 11 is 3.38. The van der Waals surface area contributed by atoms with Gasteiger partial charge in [-0.05, 0) is 36.8 Å². The van der Waals surface area contributed by atoms with Crippen LogP contribution in [0.1, 0.15) is 23.0 Å². The molecule has 1 aromatic heterocycles. The number of hydrogen-bond donors (Lipinski definition) is 2. The zero-order chi connectivity index (χ0) is 19.2. The maximum atomic E-state index is 12.3. The van der Waals surface area contributed by atoms with Gasteiger partial charge in [-0.3, -0.25) is 0 Å². The van der Waals surface area contributed by atoms with Gasteiger partial charge in [0, 0.05) is 28.0 Å². The van der Waals surface area contributed by atoms with Crippen LogP contribution in [0.15, 0.2) is 59.2 Å². The predicted molar refractivity (Wildman–Crippen MR) is 108 cm³/mol. The number of rotatable bonds is 5. The van der Waals surface area contributed by atoms with E-state index >= 15 is 0 Å². The second kappa shape index (κ2) is 8.64. The van der Waals surface area contributed by atoms with Crippen molar-refractivity contribution in [2.45, 2.75) is 13.5 Å². The molecule has 0 spiro atoms. The number of halogens is 1. The van der Waals surface area contributed by atoms with Gasteiger partial charge in [-0.25, -0.2) is 14.6 Å². The summed E-state index contributed by atoms with van der Waals surface area (Å²) in [4.78, 5) is 28.3. The van der Waals surface area contributed by atoms with Gasteiger partial charge in [-0.1, -0.05) is 40.2 Å². The van der Waals surface area contributed by atoms with E-state index in [4.69, 9.17) is 4.74 Å². The molecule has 7 heteroatoms. The Bertz CT molecular complexity index is 974. The van der Waals surface area contributed by atoms with Crippen molar-refractivity contribution in [3.05, 3.63) is 70.5 Å². The first-order valence-corrected chi connectivity index (χ1v) is 9.21. The van der Waals surface area contributed by atoms with Gasteiger partial charge >= 0.3 is 12.0 Å². The van der Waals surface area contributed by atoms with Crippen LogP contribution < -0.4 is 10.6 Å². The lowest BCUT2D eigenvalue weighted by Gasteiger charge is -2.11. The zero-order valence-electron chi connectivity index (χ0n) is 14.7. The summed E-state index contributed by atoms with van der Waals surface area (Å²) in [7, 11) is 0. The summed E-state index contributed by atoms with van der Waals surface area (Å²) in [6.45, 7) is 2.41. The van der Waals surface area contributed by atoms with Crippen molar-refractivity contribution in [1.29, 1.82) is 0 Å². The molecule has 1 heterocycles. The van der Waals surface area contributed by atoms with Crippen molar-refractivity contribution in [2.75, 3.05) is 11.9 Å². The molecule has 0 atom stereocenters. The van der Waals surface area contributed by atoms with Crippen LogP contribution in [-0.2, 0) is 11.3 Å². The number of carbonyl (C=O) groups excluding carboxylic acids is 2. The number of hydrogen-bond acceptors (Lipinski definition) is 4. The fourth-order valence-corrected chi connectivity index (χ4v) is 2.81. The van der Waals surface area contributed by atoms with Gasteiger partial charge in [0.2, 0.25) is 0 Å². The number of nitrogens with one attached hydrogen (secondary N) is 2. The molecule has 2 aromatic carbocycles. The van der Waals surface area contributed by atoms with Gasteiger partial charge in [0.15, 0.2) is 0 Å². The summed E-state index contributed by atoms with van der Waals surface area (Å²) in [5.74, 6) is -0.492. The number of ether oxygens (including phenoxy) is 1. The maximum absolute atomic E-state index is 12.3. The molecule has 0 unspecified atom stereocenters. The molecular formula is C20H18BrN3O3. The van der Waals surface area contributed by atoms with E-state index in [1.165, 1.54) is 0 Å². The first-order chi connectivity index (χ1) is 13.1. The Hall–Kier alpha value is -2.93. The van der Waals surface area contributed by atoms with Crippen LogP contribution in [0.3, 0.4) is 0 Å². The van der Waals surface area contributed by atoms with E-state index in [-0.39, 0.29) is 18.3 Å². The van der Waals surface area contributed by atoms with Crippen LogP contribution in [0.25, 0.3) is 10.8 Å². The fourth-order valence-electron chi connectivity index (χ4n) is 2.55. The molecule has 0 aliphatic rings. The average molecular weight is 428 g/mol. The standard InChI is InChI=1S/C20H18BrN3O3/c1-2-27-19(25)18-10-16-14(12-22-18)4-3-5-17(16)24-20(26)23-11-13-6-8-15(21)9-7-13/h3-10,12H,2,11H2,1H3,(H2,23,24,26). The Morgan fingerprint density at radius 2 is 1.93 bits per heavy atom. The molecule has 2 amide bonds. The number of aromatic nitrogens is 1. The molecule has 0 fully saturated rings. The lowest BCUT2D eigenvalue weighted by Crippen LogP contribution is -2.28. The highest BCUT2D eigenvalue weighted by Crippen LogP contribution is 2.24. The number of anilines is 1. The monoisotopic (exact) mass is 427 g/mol. The van der Waals surface area contributed by atoms with Crippen LogP contribution >= 0.6 is 15.9 Å². The number of benzene rings is 2. The van der Waals surface area contributed by atoms with Crippen molar-refractivity contribution in [1.82, 2.24) is 10.3 Å². The second-order valence-electron chi connectivity index (χ2n) is 5.75. The van der Waals surface area contributed by atoms with Gasteiger partial charge in [-0.15, -0.1) is 0 Å². The summed E-state index contributed by atoms with van der Waals surface area (Å²) < 4.78 is 5.97. The maximum Gasteiger partial charge on any atom is 0.356 e. The van der Waals surface area contributed by atoms with E-state index in [1.807, 2.05) is 36.4 Å². The van der Waals surface area contributed by atoms with Crippen molar-refractivity contribution >= 4 is 44.4 Å². The first kappa shape index (κ1) is 18.8. The molecule has 3 rings (SSSR count). The minimum Gasteiger partial charge on any atom is -0.461 e. The van der Waals surface area contributed by atoms with Gasteiger partial charge < -0.3 is 15.4 Å². The Morgan fingerprint density at radius 3 is 2.67 bits per heavy atom. The molecule has 0 bridgehead atoms. The Morgan fingerprint density at radius 1 is 1.15 bits per heavy atom. The molecule has 3 aromatic rings. The number of fused-ring (bicyclic) bond motifs is 1. The van der Waals surface area contributed by atoms with Gasteiger partial charge in [-0.2, -0.15) is 0 Å². The highest BCUT2D eigenvalue weighted by atomic mass is 79.9. The molecule has 6 nitrogen and oxygen atoms in total. The zero-order valence-corrected chi connectivity index (χ0v) is 16.2. The minimum atomic E-state index is -0.492.